The average molecular weight is 631 g/mol. The minimum atomic E-state index is 0.915. The molecule has 3 heteroatoms. The van der Waals surface area contributed by atoms with Crippen LogP contribution < -0.4 is 0 Å². The van der Waals surface area contributed by atoms with Crippen molar-refractivity contribution in [1.29, 1.82) is 0 Å². The summed E-state index contributed by atoms with van der Waals surface area (Å²) in [6.45, 7) is 2.25. The molecule has 0 saturated heterocycles. The first-order valence-corrected chi connectivity index (χ1v) is 17.3. The van der Waals surface area contributed by atoms with Crippen LogP contribution in [-0.2, 0) is 6.42 Å². The Hall–Kier alpha value is -6.06. The molecule has 0 saturated carbocycles. The fourth-order valence-corrected chi connectivity index (χ4v) is 8.00. The van der Waals surface area contributed by atoms with Gasteiger partial charge in [0.2, 0.25) is 0 Å². The van der Waals surface area contributed by atoms with Gasteiger partial charge in [0.05, 0.1) is 22.1 Å². The zero-order chi connectivity index (χ0) is 32.5. The number of hydrogen-bond acceptors (Lipinski definition) is 1. The molecule has 0 radical (unpaired) electrons. The smallest absolute Gasteiger partial charge is 0.137 e. The normalized spacial score (nSPS) is 12.0. The Morgan fingerprint density at radius 2 is 1.20 bits per heavy atom. The van der Waals surface area contributed by atoms with Crippen LogP contribution in [0.4, 0.5) is 0 Å². The number of benzene rings is 7. The Morgan fingerprint density at radius 1 is 0.469 bits per heavy atom. The first-order chi connectivity index (χ1) is 24.3. The fraction of sp³-hybridized carbons (Fsp3) is 0.0870. The molecular formula is C46H34N2O. The Balaban J connectivity index is 1.25. The number of aromatic nitrogens is 2. The highest BCUT2D eigenvalue weighted by molar-refractivity contribution is 6.26. The predicted molar refractivity (Wildman–Crippen MR) is 206 cm³/mol. The Morgan fingerprint density at radius 3 is 2.06 bits per heavy atom. The molecule has 0 aliphatic rings. The molecule has 10 rings (SSSR count). The Labute approximate surface area is 284 Å². The molecule has 234 valence electrons. The van der Waals surface area contributed by atoms with Gasteiger partial charge in [0.1, 0.15) is 11.2 Å². The molecule has 7 aromatic carbocycles. The lowest BCUT2D eigenvalue weighted by molar-refractivity contribution is 0.668. The summed E-state index contributed by atoms with van der Waals surface area (Å²) in [5, 5.41) is 7.33. The van der Waals surface area contributed by atoms with E-state index in [1.807, 2.05) is 0 Å². The number of rotatable bonds is 6. The lowest BCUT2D eigenvalue weighted by Gasteiger charge is -2.11. The molecule has 0 bridgehead atoms. The number of hydrogen-bond donors (Lipinski definition) is 0. The number of furan rings is 1. The van der Waals surface area contributed by atoms with Gasteiger partial charge in [-0.05, 0) is 84.1 Å². The molecule has 0 aliphatic carbocycles. The first kappa shape index (κ1) is 28.0. The summed E-state index contributed by atoms with van der Waals surface area (Å²) in [5.74, 6) is 0. The molecule has 3 heterocycles. The van der Waals surface area contributed by atoms with Crippen LogP contribution in [0.1, 0.15) is 25.3 Å². The van der Waals surface area contributed by atoms with Gasteiger partial charge < -0.3 is 13.6 Å². The lowest BCUT2D eigenvalue weighted by Crippen LogP contribution is -1.95. The number of fused-ring (bicyclic) bond motifs is 10. The zero-order valence-electron chi connectivity index (χ0n) is 27.4. The molecule has 3 aromatic heterocycles. The summed E-state index contributed by atoms with van der Waals surface area (Å²) in [6, 6.07) is 55.2. The van der Waals surface area contributed by atoms with Crippen LogP contribution >= 0.6 is 0 Å². The van der Waals surface area contributed by atoms with Crippen LogP contribution in [0, 0.1) is 0 Å². The number of unbranched alkanes of at least 4 members (excludes halogenated alkanes) is 1. The van der Waals surface area contributed by atoms with E-state index >= 15 is 0 Å². The van der Waals surface area contributed by atoms with Crippen LogP contribution in [0.2, 0.25) is 0 Å². The monoisotopic (exact) mass is 630 g/mol. The third kappa shape index (κ3) is 4.29. The minimum absolute atomic E-state index is 0.915. The van der Waals surface area contributed by atoms with Gasteiger partial charge in [0, 0.05) is 49.8 Å². The quantitative estimate of drug-likeness (QED) is 0.179. The highest BCUT2D eigenvalue weighted by Gasteiger charge is 2.21. The molecule has 0 spiro atoms. The van der Waals surface area contributed by atoms with Crippen molar-refractivity contribution in [3.05, 3.63) is 157 Å². The van der Waals surface area contributed by atoms with Crippen LogP contribution in [0.3, 0.4) is 0 Å². The molecule has 0 amide bonds. The van der Waals surface area contributed by atoms with Gasteiger partial charge in [0.25, 0.3) is 0 Å². The zero-order valence-corrected chi connectivity index (χ0v) is 27.4. The van der Waals surface area contributed by atoms with Crippen LogP contribution in [0.15, 0.2) is 156 Å². The minimum Gasteiger partial charge on any atom is -0.456 e. The van der Waals surface area contributed by atoms with Crippen molar-refractivity contribution in [1.82, 2.24) is 9.13 Å². The van der Waals surface area contributed by atoms with E-state index in [0.29, 0.717) is 0 Å². The SMILES string of the molecule is CCCCc1ccc2oc3cc(-n4c5ccccc5c5ccc6c(c7ccccc7n6-c6cccc(-c7ccccc7)c6)c54)ccc3c2c1. The third-order valence-corrected chi connectivity index (χ3v) is 10.3. The fourth-order valence-electron chi connectivity index (χ4n) is 8.00. The molecule has 3 nitrogen and oxygen atoms in total. The second-order valence-electron chi connectivity index (χ2n) is 13.2. The first-order valence-electron chi connectivity index (χ1n) is 17.3. The van der Waals surface area contributed by atoms with E-state index in [-0.39, 0.29) is 0 Å². The summed E-state index contributed by atoms with van der Waals surface area (Å²) < 4.78 is 11.4. The van der Waals surface area contributed by atoms with E-state index in [2.05, 4.69) is 168 Å². The van der Waals surface area contributed by atoms with Crippen molar-refractivity contribution < 1.29 is 4.42 Å². The van der Waals surface area contributed by atoms with Crippen molar-refractivity contribution in [3.8, 4) is 22.5 Å². The highest BCUT2D eigenvalue weighted by atomic mass is 16.3. The van der Waals surface area contributed by atoms with Crippen LogP contribution in [0.25, 0.3) is 88.1 Å². The standard InChI is InChI=1S/C46H34N2O/c1-2-3-12-30-21-26-43-39(27-30)36-23-22-34(29-44(36)49-43)48-40-19-9-7-17-35(40)37-24-25-42-45(46(37)48)38-18-8-10-20-41(38)47(42)33-16-11-15-32(28-33)31-13-5-4-6-14-31/h4-11,13-29H,2-3,12H2,1H3. The maximum atomic E-state index is 6.52. The van der Waals surface area contributed by atoms with Gasteiger partial charge in [-0.3, -0.25) is 0 Å². The topological polar surface area (TPSA) is 23.0 Å². The van der Waals surface area contributed by atoms with Crippen molar-refractivity contribution in [2.45, 2.75) is 26.2 Å². The largest absolute Gasteiger partial charge is 0.456 e. The van der Waals surface area contributed by atoms with E-state index in [9.17, 15) is 0 Å². The van der Waals surface area contributed by atoms with Crippen molar-refractivity contribution in [2.75, 3.05) is 0 Å². The maximum absolute atomic E-state index is 6.52. The number of nitrogens with zero attached hydrogens (tertiary/aromatic N) is 2. The van der Waals surface area contributed by atoms with Gasteiger partial charge in [-0.2, -0.15) is 0 Å². The van der Waals surface area contributed by atoms with E-state index in [0.717, 1.165) is 34.3 Å². The molecule has 0 atom stereocenters. The van der Waals surface area contributed by atoms with Gasteiger partial charge in [-0.25, -0.2) is 0 Å². The van der Waals surface area contributed by atoms with Crippen LogP contribution in [0.5, 0.6) is 0 Å². The number of para-hydroxylation sites is 2. The van der Waals surface area contributed by atoms with E-state index < -0.39 is 0 Å². The summed E-state index contributed by atoms with van der Waals surface area (Å²) in [6.07, 6.45) is 3.49. The van der Waals surface area contributed by atoms with Crippen LogP contribution in [-0.4, -0.2) is 9.13 Å². The van der Waals surface area contributed by atoms with E-state index in [4.69, 9.17) is 4.42 Å². The second kappa shape index (κ2) is 11.0. The van der Waals surface area contributed by atoms with Crippen molar-refractivity contribution >= 4 is 65.6 Å². The van der Waals surface area contributed by atoms with E-state index in [1.54, 1.807) is 0 Å². The second-order valence-corrected chi connectivity index (χ2v) is 13.2. The van der Waals surface area contributed by atoms with Gasteiger partial charge in [-0.1, -0.05) is 104 Å². The predicted octanol–water partition coefficient (Wildman–Crippen LogP) is 12.8. The average Bonchev–Trinajstić information content (AvgIpc) is 3.81. The Kier molecular flexibility index (Phi) is 6.29. The number of aryl methyl sites for hydroxylation is 1. The molecule has 0 fully saturated rings. The van der Waals surface area contributed by atoms with Gasteiger partial charge in [-0.15, -0.1) is 0 Å². The molecule has 49 heavy (non-hydrogen) atoms. The summed E-state index contributed by atoms with van der Waals surface area (Å²) >= 11 is 0. The summed E-state index contributed by atoms with van der Waals surface area (Å²) in [5.41, 5.74) is 12.7. The molecule has 0 N–H and O–H groups in total. The van der Waals surface area contributed by atoms with E-state index in [1.165, 1.54) is 78.5 Å². The molecule has 10 aromatic rings. The van der Waals surface area contributed by atoms with Crippen molar-refractivity contribution in [3.63, 3.8) is 0 Å². The Bertz CT molecular complexity index is 2870. The van der Waals surface area contributed by atoms with Gasteiger partial charge in [0.15, 0.2) is 0 Å². The highest BCUT2D eigenvalue weighted by Crippen LogP contribution is 2.43. The molecule has 0 aliphatic heterocycles. The summed E-state index contributed by atoms with van der Waals surface area (Å²) in [7, 11) is 0. The molecule has 0 unspecified atom stereocenters. The van der Waals surface area contributed by atoms with Gasteiger partial charge >= 0.3 is 0 Å². The van der Waals surface area contributed by atoms with Crippen molar-refractivity contribution in [2.24, 2.45) is 0 Å². The maximum Gasteiger partial charge on any atom is 0.137 e. The summed E-state index contributed by atoms with van der Waals surface area (Å²) in [4.78, 5) is 0. The third-order valence-electron chi connectivity index (χ3n) is 10.3. The molecular weight excluding hydrogens is 597 g/mol. The lowest BCUT2D eigenvalue weighted by atomic mass is 10.0.